The first-order valence-corrected chi connectivity index (χ1v) is 6.17. The van der Waals surface area contributed by atoms with Gasteiger partial charge in [-0.05, 0) is 36.3 Å². The minimum atomic E-state index is 0.288. The average Bonchev–Trinajstić information content (AvgIpc) is 2.15. The minimum Gasteiger partial charge on any atom is -0.271 e. The molecule has 1 aromatic carbocycles. The molecule has 3 aliphatic rings. The van der Waals surface area contributed by atoms with Gasteiger partial charge in [-0.2, -0.15) is 0 Å². The average molecular weight is 216 g/mol. The molecular weight excluding hydrogens is 196 g/mol. The van der Waals surface area contributed by atoms with Gasteiger partial charge in [0.15, 0.2) is 0 Å². The zero-order valence-electron chi connectivity index (χ0n) is 10.1. The maximum atomic E-state index is 5.56. The summed E-state index contributed by atoms with van der Waals surface area (Å²) in [7, 11) is 0. The highest BCUT2D eigenvalue weighted by Crippen LogP contribution is 2.67. The number of nitrogens with one attached hydrogen (secondary N) is 1. The molecular formula is C14H20N2. The first kappa shape index (κ1) is 10.3. The van der Waals surface area contributed by atoms with E-state index in [-0.39, 0.29) is 5.54 Å². The summed E-state index contributed by atoms with van der Waals surface area (Å²) in [6, 6.07) is 9.19. The van der Waals surface area contributed by atoms with Gasteiger partial charge in [0.2, 0.25) is 0 Å². The van der Waals surface area contributed by atoms with Gasteiger partial charge < -0.3 is 0 Å². The fourth-order valence-electron chi connectivity index (χ4n) is 3.47. The predicted molar refractivity (Wildman–Crippen MR) is 66.1 cm³/mol. The van der Waals surface area contributed by atoms with Gasteiger partial charge in [0, 0.05) is 11.0 Å². The van der Waals surface area contributed by atoms with Crippen molar-refractivity contribution in [2.75, 3.05) is 0 Å². The van der Waals surface area contributed by atoms with E-state index >= 15 is 0 Å². The van der Waals surface area contributed by atoms with Crippen LogP contribution >= 0.6 is 0 Å². The van der Waals surface area contributed by atoms with Gasteiger partial charge in [-0.25, -0.2) is 0 Å². The lowest BCUT2D eigenvalue weighted by atomic mass is 9.37. The summed E-state index contributed by atoms with van der Waals surface area (Å²) in [4.78, 5) is 0. The summed E-state index contributed by atoms with van der Waals surface area (Å²) in [5.74, 6) is 6.18. The first-order valence-electron chi connectivity index (χ1n) is 6.17. The summed E-state index contributed by atoms with van der Waals surface area (Å²) in [6.07, 6.45) is 3.66. The van der Waals surface area contributed by atoms with Crippen molar-refractivity contribution in [3.63, 3.8) is 0 Å². The number of hydrogen-bond acceptors (Lipinski definition) is 2. The molecule has 3 fully saturated rings. The van der Waals surface area contributed by atoms with E-state index in [2.05, 4.69) is 43.5 Å². The van der Waals surface area contributed by atoms with Gasteiger partial charge in [0.1, 0.15) is 0 Å². The van der Waals surface area contributed by atoms with Crippen LogP contribution in [0.25, 0.3) is 0 Å². The van der Waals surface area contributed by atoms with Gasteiger partial charge >= 0.3 is 0 Å². The zero-order valence-corrected chi connectivity index (χ0v) is 10.1. The van der Waals surface area contributed by atoms with Gasteiger partial charge in [-0.1, -0.05) is 38.1 Å². The lowest BCUT2D eigenvalue weighted by Crippen LogP contribution is -2.77. The molecule has 3 aliphatic carbocycles. The molecule has 4 rings (SSSR count). The number of hydrogen-bond donors (Lipinski definition) is 2. The summed E-state index contributed by atoms with van der Waals surface area (Å²) in [6.45, 7) is 4.48. The third kappa shape index (κ3) is 1.20. The highest BCUT2D eigenvalue weighted by atomic mass is 15.3. The van der Waals surface area contributed by atoms with Crippen LogP contribution in [0.3, 0.4) is 0 Å². The van der Waals surface area contributed by atoms with Gasteiger partial charge in [-0.15, -0.1) is 0 Å². The molecule has 0 heterocycles. The van der Waals surface area contributed by atoms with Crippen molar-refractivity contribution in [1.82, 2.24) is 5.43 Å². The van der Waals surface area contributed by atoms with Gasteiger partial charge in [0.25, 0.3) is 0 Å². The maximum Gasteiger partial charge on any atom is 0.0346 e. The molecule has 0 aliphatic heterocycles. The standard InChI is InChI=1S/C14H20N2/c1-10(2)11-3-5-12(6-4-11)13-7-14(8-13,9-13)16-15/h3-6,10,16H,7-9,15H2,1-2H3. The highest BCUT2D eigenvalue weighted by Gasteiger charge is 2.67. The Bertz CT molecular complexity index is 385. The molecule has 86 valence electrons. The SMILES string of the molecule is CC(C)c1ccc(C23CC(NN)(C2)C3)cc1. The van der Waals surface area contributed by atoms with Crippen LogP contribution in [0, 0.1) is 0 Å². The quantitative estimate of drug-likeness (QED) is 0.601. The molecule has 1 aromatic rings. The molecule has 0 spiro atoms. The summed E-state index contributed by atoms with van der Waals surface area (Å²) in [5, 5.41) is 0. The smallest absolute Gasteiger partial charge is 0.0346 e. The van der Waals surface area contributed by atoms with E-state index in [1.165, 1.54) is 30.4 Å². The molecule has 2 nitrogen and oxygen atoms in total. The van der Waals surface area contributed by atoms with Crippen molar-refractivity contribution in [2.45, 2.75) is 50.0 Å². The third-order valence-corrected chi connectivity index (χ3v) is 4.53. The van der Waals surface area contributed by atoms with Crippen molar-refractivity contribution in [1.29, 1.82) is 0 Å². The summed E-state index contributed by atoms with van der Waals surface area (Å²) < 4.78 is 0. The van der Waals surface area contributed by atoms with E-state index in [1.54, 1.807) is 0 Å². The van der Waals surface area contributed by atoms with Crippen molar-refractivity contribution < 1.29 is 0 Å². The predicted octanol–water partition coefficient (Wildman–Crippen LogP) is 2.45. The summed E-state index contributed by atoms with van der Waals surface area (Å²) >= 11 is 0. The second-order valence-corrected chi connectivity index (χ2v) is 6.01. The van der Waals surface area contributed by atoms with E-state index in [4.69, 9.17) is 5.84 Å². The van der Waals surface area contributed by atoms with Crippen LogP contribution in [0.5, 0.6) is 0 Å². The molecule has 2 heteroatoms. The zero-order chi connectivity index (χ0) is 11.4. The van der Waals surface area contributed by atoms with Gasteiger partial charge in [0.05, 0.1) is 0 Å². The number of hydrazine groups is 1. The van der Waals surface area contributed by atoms with E-state index in [1.807, 2.05) is 0 Å². The Kier molecular flexibility index (Phi) is 1.99. The lowest BCUT2D eigenvalue weighted by Gasteiger charge is -2.70. The Morgan fingerprint density at radius 3 is 2.12 bits per heavy atom. The van der Waals surface area contributed by atoms with E-state index in [0.29, 0.717) is 11.3 Å². The highest BCUT2D eigenvalue weighted by molar-refractivity contribution is 5.42. The normalized spacial score (nSPS) is 35.8. The van der Waals surface area contributed by atoms with Gasteiger partial charge in [-0.3, -0.25) is 11.3 Å². The second kappa shape index (κ2) is 3.08. The van der Waals surface area contributed by atoms with Crippen LogP contribution in [0.1, 0.15) is 50.2 Å². The number of rotatable bonds is 3. The molecule has 0 radical (unpaired) electrons. The molecule has 2 bridgehead atoms. The van der Waals surface area contributed by atoms with Crippen LogP contribution in [0.2, 0.25) is 0 Å². The van der Waals surface area contributed by atoms with Crippen molar-refractivity contribution in [3.05, 3.63) is 35.4 Å². The molecule has 16 heavy (non-hydrogen) atoms. The van der Waals surface area contributed by atoms with Crippen LogP contribution in [-0.4, -0.2) is 5.54 Å². The monoisotopic (exact) mass is 216 g/mol. The molecule has 0 amide bonds. The first-order chi connectivity index (χ1) is 7.59. The van der Waals surface area contributed by atoms with Crippen LogP contribution < -0.4 is 11.3 Å². The topological polar surface area (TPSA) is 38.0 Å². The molecule has 3 N–H and O–H groups in total. The lowest BCUT2D eigenvalue weighted by molar-refractivity contribution is -0.0882. The Morgan fingerprint density at radius 1 is 1.12 bits per heavy atom. The van der Waals surface area contributed by atoms with Crippen molar-refractivity contribution in [2.24, 2.45) is 5.84 Å². The Labute approximate surface area is 97.2 Å². The second-order valence-electron chi connectivity index (χ2n) is 6.01. The molecule has 3 saturated carbocycles. The van der Waals surface area contributed by atoms with E-state index in [9.17, 15) is 0 Å². The molecule has 0 unspecified atom stereocenters. The molecule has 0 atom stereocenters. The van der Waals surface area contributed by atoms with Crippen LogP contribution in [0.4, 0.5) is 0 Å². The van der Waals surface area contributed by atoms with E-state index < -0.39 is 0 Å². The van der Waals surface area contributed by atoms with Crippen LogP contribution in [-0.2, 0) is 5.41 Å². The van der Waals surface area contributed by atoms with Crippen LogP contribution in [0.15, 0.2) is 24.3 Å². The number of benzene rings is 1. The number of nitrogens with two attached hydrogens (primary N) is 1. The Hall–Kier alpha value is -0.860. The molecule has 0 saturated heterocycles. The molecule has 0 aromatic heterocycles. The summed E-state index contributed by atoms with van der Waals surface area (Å²) in [5.41, 5.74) is 6.66. The largest absolute Gasteiger partial charge is 0.271 e. The minimum absolute atomic E-state index is 0.288. The Morgan fingerprint density at radius 2 is 1.69 bits per heavy atom. The maximum absolute atomic E-state index is 5.56. The fourth-order valence-corrected chi connectivity index (χ4v) is 3.47. The van der Waals surface area contributed by atoms with Crippen molar-refractivity contribution >= 4 is 0 Å². The van der Waals surface area contributed by atoms with E-state index in [0.717, 1.165) is 0 Å². The Balaban J connectivity index is 1.78. The fraction of sp³-hybridized carbons (Fsp3) is 0.571. The van der Waals surface area contributed by atoms with Crippen molar-refractivity contribution in [3.8, 4) is 0 Å². The third-order valence-electron chi connectivity index (χ3n) is 4.53.